The maximum Gasteiger partial charge on any atom is 0.165 e. The number of ether oxygens (including phenoxy) is 2. The molecular weight excluding hydrogens is 197 g/mol. The van der Waals surface area contributed by atoms with Crippen molar-refractivity contribution < 1.29 is 13.9 Å². The highest BCUT2D eigenvalue weighted by Crippen LogP contribution is 2.17. The Morgan fingerprint density at radius 1 is 1.33 bits per heavy atom. The molecule has 0 unspecified atom stereocenters. The molecule has 3 nitrogen and oxygen atoms in total. The number of hydrogen-bond donors (Lipinski definition) is 1. The molecule has 1 aromatic rings. The molecule has 2 N–H and O–H groups in total. The zero-order chi connectivity index (χ0) is 11.1. The van der Waals surface area contributed by atoms with E-state index in [2.05, 4.69) is 0 Å². The lowest BCUT2D eigenvalue weighted by Crippen LogP contribution is -2.10. The Morgan fingerprint density at radius 2 is 2.13 bits per heavy atom. The molecule has 0 saturated carbocycles. The predicted octanol–water partition coefficient (Wildman–Crippen LogP) is 1.35. The number of halogens is 1. The molecule has 0 aliphatic rings. The van der Waals surface area contributed by atoms with Crippen LogP contribution in [0.3, 0.4) is 0 Å². The molecular formula is C11H16FNO2. The Hall–Kier alpha value is -1.13. The molecule has 15 heavy (non-hydrogen) atoms. The van der Waals surface area contributed by atoms with E-state index in [9.17, 15) is 4.39 Å². The van der Waals surface area contributed by atoms with Crippen molar-refractivity contribution in [1.82, 2.24) is 0 Å². The van der Waals surface area contributed by atoms with Crippen LogP contribution in [0, 0.1) is 5.82 Å². The van der Waals surface area contributed by atoms with E-state index < -0.39 is 0 Å². The van der Waals surface area contributed by atoms with E-state index in [1.54, 1.807) is 6.07 Å². The minimum absolute atomic E-state index is 0.265. The number of methoxy groups -OCH3 is 1. The summed E-state index contributed by atoms with van der Waals surface area (Å²) in [6.07, 6.45) is 0.681. The fourth-order valence-electron chi connectivity index (χ4n) is 1.24. The average Bonchev–Trinajstić information content (AvgIpc) is 2.25. The van der Waals surface area contributed by atoms with Crippen molar-refractivity contribution in [2.24, 2.45) is 5.73 Å². The average molecular weight is 213 g/mol. The Kier molecular flexibility index (Phi) is 5.07. The molecule has 84 valence electrons. The first-order chi connectivity index (χ1) is 7.27. The van der Waals surface area contributed by atoms with E-state index in [4.69, 9.17) is 15.2 Å². The monoisotopic (exact) mass is 213 g/mol. The SMILES string of the molecule is COc1ccc(CCOCCN)cc1F. The van der Waals surface area contributed by atoms with Crippen LogP contribution in [-0.2, 0) is 11.2 Å². The van der Waals surface area contributed by atoms with Gasteiger partial charge < -0.3 is 15.2 Å². The molecule has 0 atom stereocenters. The van der Waals surface area contributed by atoms with E-state index in [0.29, 0.717) is 26.2 Å². The van der Waals surface area contributed by atoms with Gasteiger partial charge in [0.25, 0.3) is 0 Å². The van der Waals surface area contributed by atoms with Crippen molar-refractivity contribution in [1.29, 1.82) is 0 Å². The molecule has 0 radical (unpaired) electrons. The Bertz CT molecular complexity index is 305. The van der Waals surface area contributed by atoms with Gasteiger partial charge in [-0.2, -0.15) is 0 Å². The van der Waals surface area contributed by atoms with Crippen LogP contribution >= 0.6 is 0 Å². The van der Waals surface area contributed by atoms with Crippen LogP contribution in [0.1, 0.15) is 5.56 Å². The van der Waals surface area contributed by atoms with E-state index in [0.717, 1.165) is 5.56 Å². The van der Waals surface area contributed by atoms with Gasteiger partial charge in [-0.05, 0) is 24.1 Å². The highest BCUT2D eigenvalue weighted by molar-refractivity contribution is 5.29. The van der Waals surface area contributed by atoms with Crippen molar-refractivity contribution in [3.63, 3.8) is 0 Å². The van der Waals surface area contributed by atoms with Crippen LogP contribution in [0.2, 0.25) is 0 Å². The zero-order valence-corrected chi connectivity index (χ0v) is 8.83. The first-order valence-electron chi connectivity index (χ1n) is 4.88. The summed E-state index contributed by atoms with van der Waals surface area (Å²) >= 11 is 0. The molecule has 0 fully saturated rings. The quantitative estimate of drug-likeness (QED) is 0.725. The summed E-state index contributed by atoms with van der Waals surface area (Å²) in [6.45, 7) is 1.61. The highest BCUT2D eigenvalue weighted by Gasteiger charge is 2.02. The van der Waals surface area contributed by atoms with E-state index >= 15 is 0 Å². The third kappa shape index (κ3) is 3.85. The predicted molar refractivity (Wildman–Crippen MR) is 56.5 cm³/mol. The topological polar surface area (TPSA) is 44.5 Å². The Labute approximate surface area is 89.0 Å². The lowest BCUT2D eigenvalue weighted by Gasteiger charge is -2.05. The molecule has 0 aromatic heterocycles. The van der Waals surface area contributed by atoms with Gasteiger partial charge in [-0.3, -0.25) is 0 Å². The Morgan fingerprint density at radius 3 is 2.73 bits per heavy atom. The van der Waals surface area contributed by atoms with Crippen molar-refractivity contribution in [2.75, 3.05) is 26.9 Å². The summed E-state index contributed by atoms with van der Waals surface area (Å²) < 4.78 is 23.3. The summed E-state index contributed by atoms with van der Waals surface area (Å²) in [4.78, 5) is 0. The van der Waals surface area contributed by atoms with Gasteiger partial charge in [0.1, 0.15) is 0 Å². The van der Waals surface area contributed by atoms with Crippen LogP contribution in [0.25, 0.3) is 0 Å². The molecule has 4 heteroatoms. The van der Waals surface area contributed by atoms with Gasteiger partial charge in [0.05, 0.1) is 20.3 Å². The van der Waals surface area contributed by atoms with Gasteiger partial charge in [-0.1, -0.05) is 6.07 Å². The normalized spacial score (nSPS) is 10.3. The van der Waals surface area contributed by atoms with Gasteiger partial charge in [0.15, 0.2) is 11.6 Å². The van der Waals surface area contributed by atoms with Gasteiger partial charge in [0, 0.05) is 6.54 Å². The second-order valence-electron chi connectivity index (χ2n) is 3.12. The molecule has 0 amide bonds. The van der Waals surface area contributed by atoms with Crippen LogP contribution in [0.4, 0.5) is 4.39 Å². The van der Waals surface area contributed by atoms with Crippen molar-refractivity contribution >= 4 is 0 Å². The fourth-order valence-corrected chi connectivity index (χ4v) is 1.24. The van der Waals surface area contributed by atoms with Crippen LogP contribution in [-0.4, -0.2) is 26.9 Å². The van der Waals surface area contributed by atoms with Gasteiger partial charge in [0.2, 0.25) is 0 Å². The van der Waals surface area contributed by atoms with Crippen LogP contribution in [0.5, 0.6) is 5.75 Å². The standard InChI is InChI=1S/C11H16FNO2/c1-14-11-3-2-9(8-10(11)12)4-6-15-7-5-13/h2-3,8H,4-7,13H2,1H3. The van der Waals surface area contributed by atoms with Crippen molar-refractivity contribution in [2.45, 2.75) is 6.42 Å². The summed E-state index contributed by atoms with van der Waals surface area (Å²) in [5, 5.41) is 0. The third-order valence-corrected chi connectivity index (χ3v) is 2.01. The van der Waals surface area contributed by atoms with Crippen molar-refractivity contribution in [3.8, 4) is 5.75 Å². The molecule has 0 aliphatic heterocycles. The smallest absolute Gasteiger partial charge is 0.165 e. The molecule has 1 rings (SSSR count). The summed E-state index contributed by atoms with van der Waals surface area (Å²) in [5.41, 5.74) is 6.16. The minimum Gasteiger partial charge on any atom is -0.494 e. The molecule has 0 bridgehead atoms. The highest BCUT2D eigenvalue weighted by atomic mass is 19.1. The number of nitrogens with two attached hydrogens (primary N) is 1. The first kappa shape index (κ1) is 11.9. The summed E-state index contributed by atoms with van der Waals surface area (Å²) in [5.74, 6) is -0.0737. The van der Waals surface area contributed by atoms with Crippen LogP contribution in [0.15, 0.2) is 18.2 Å². The largest absolute Gasteiger partial charge is 0.494 e. The third-order valence-electron chi connectivity index (χ3n) is 2.01. The molecule has 0 aliphatic carbocycles. The van der Waals surface area contributed by atoms with Gasteiger partial charge >= 0.3 is 0 Å². The molecule has 0 heterocycles. The molecule has 1 aromatic carbocycles. The first-order valence-corrected chi connectivity index (χ1v) is 4.88. The van der Waals surface area contributed by atoms with E-state index in [1.807, 2.05) is 6.07 Å². The van der Waals surface area contributed by atoms with Gasteiger partial charge in [-0.25, -0.2) is 4.39 Å². The van der Waals surface area contributed by atoms with Crippen LogP contribution < -0.4 is 10.5 Å². The maximum absolute atomic E-state index is 13.2. The molecule has 0 spiro atoms. The van der Waals surface area contributed by atoms with E-state index in [1.165, 1.54) is 13.2 Å². The zero-order valence-electron chi connectivity index (χ0n) is 8.83. The lowest BCUT2D eigenvalue weighted by atomic mass is 10.1. The molecule has 0 saturated heterocycles. The van der Waals surface area contributed by atoms with Gasteiger partial charge in [-0.15, -0.1) is 0 Å². The second kappa shape index (κ2) is 6.37. The number of benzene rings is 1. The minimum atomic E-state index is -0.339. The van der Waals surface area contributed by atoms with E-state index in [-0.39, 0.29) is 11.6 Å². The summed E-state index contributed by atoms with van der Waals surface area (Å²) in [7, 11) is 1.45. The number of hydrogen-bond acceptors (Lipinski definition) is 3. The summed E-state index contributed by atoms with van der Waals surface area (Å²) in [6, 6.07) is 4.91. The maximum atomic E-state index is 13.2. The fraction of sp³-hybridized carbons (Fsp3) is 0.455. The number of rotatable bonds is 6. The van der Waals surface area contributed by atoms with Crippen molar-refractivity contribution in [3.05, 3.63) is 29.6 Å². The Balaban J connectivity index is 2.45. The second-order valence-corrected chi connectivity index (χ2v) is 3.12. The lowest BCUT2D eigenvalue weighted by molar-refractivity contribution is 0.144.